The topological polar surface area (TPSA) is 46.2 Å². The van der Waals surface area contributed by atoms with E-state index in [4.69, 9.17) is 23.4 Å². The number of methoxy groups -OCH3 is 1. The number of allylic oxidation sites excluding steroid dienone is 2. The maximum Gasteiger partial charge on any atom is 0.192 e. The third-order valence-electron chi connectivity index (χ3n) is 11.5. The Bertz CT molecular complexity index is 1440. The zero-order chi connectivity index (χ0) is 38.1. The Morgan fingerprint density at radius 3 is 1.96 bits per heavy atom. The van der Waals surface area contributed by atoms with E-state index >= 15 is 0 Å². The van der Waals surface area contributed by atoms with E-state index in [1.165, 1.54) is 23.1 Å². The van der Waals surface area contributed by atoms with Gasteiger partial charge in [-0.25, -0.2) is 0 Å². The third-order valence-corrected chi connectivity index (χ3v) is 16.0. The molecule has 5 nitrogen and oxygen atoms in total. The lowest BCUT2D eigenvalue weighted by Crippen LogP contribution is -2.46. The second kappa shape index (κ2) is 22.0. The van der Waals surface area contributed by atoms with Crippen molar-refractivity contribution in [2.75, 3.05) is 13.7 Å². The summed E-state index contributed by atoms with van der Waals surface area (Å²) >= 11 is 0. The van der Waals surface area contributed by atoms with Crippen molar-refractivity contribution in [3.05, 3.63) is 114 Å². The van der Waals surface area contributed by atoms with Gasteiger partial charge in [0.05, 0.1) is 39.1 Å². The highest BCUT2D eigenvalue weighted by molar-refractivity contribution is 6.74. The van der Waals surface area contributed by atoms with Crippen LogP contribution < -0.4 is 4.74 Å². The van der Waals surface area contributed by atoms with E-state index < -0.39 is 8.32 Å². The van der Waals surface area contributed by atoms with Crippen LogP contribution >= 0.6 is 0 Å². The molecule has 4 rings (SSSR count). The average Bonchev–Trinajstić information content (AvgIpc) is 3.15. The van der Waals surface area contributed by atoms with Crippen LogP contribution in [0.1, 0.15) is 103 Å². The van der Waals surface area contributed by atoms with E-state index in [1.807, 2.05) is 12.1 Å². The molecule has 1 aliphatic rings. The Kier molecular flexibility index (Phi) is 17.8. The van der Waals surface area contributed by atoms with E-state index in [0.717, 1.165) is 57.3 Å². The predicted molar refractivity (Wildman–Crippen MR) is 223 cm³/mol. The third kappa shape index (κ3) is 15.1. The van der Waals surface area contributed by atoms with Crippen LogP contribution in [0.25, 0.3) is 0 Å². The molecule has 0 aromatic heterocycles. The van der Waals surface area contributed by atoms with Gasteiger partial charge in [-0.2, -0.15) is 0 Å². The molecule has 0 heterocycles. The number of benzene rings is 3. The molecule has 53 heavy (non-hydrogen) atoms. The molecule has 0 saturated heterocycles. The fourth-order valence-electron chi connectivity index (χ4n) is 7.08. The van der Waals surface area contributed by atoms with Crippen molar-refractivity contribution in [3.63, 3.8) is 0 Å². The minimum absolute atomic E-state index is 0.0858. The molecule has 0 unspecified atom stereocenters. The highest BCUT2D eigenvalue weighted by atomic mass is 28.4. The van der Waals surface area contributed by atoms with Crippen LogP contribution in [0.3, 0.4) is 0 Å². The lowest BCUT2D eigenvalue weighted by atomic mass is 9.78. The van der Waals surface area contributed by atoms with Gasteiger partial charge in [0.2, 0.25) is 0 Å². The van der Waals surface area contributed by atoms with Crippen molar-refractivity contribution in [2.45, 2.75) is 142 Å². The molecule has 0 N–H and O–H groups in total. The average molecular weight is 743 g/mol. The molecule has 0 radical (unpaired) electrons. The maximum atomic E-state index is 7.25. The van der Waals surface area contributed by atoms with Crippen LogP contribution in [0, 0.1) is 17.8 Å². The number of hydrogen-bond donors (Lipinski definition) is 0. The summed E-state index contributed by atoms with van der Waals surface area (Å²) in [6.45, 7) is 19.4. The SMILES string of the molecule is COc1ccc(COCCC/C=C/[C@@H](C)CC[C@H](O[Si](C)(C)C(C)(C)C)[C@H](C)C[C@@H]2CC[C@@H](OCc3ccccc3)[C@H](OCc3ccccc3)C2)cc1. The quantitative estimate of drug-likeness (QED) is 0.0583. The Morgan fingerprint density at radius 1 is 0.755 bits per heavy atom. The van der Waals surface area contributed by atoms with Crippen LogP contribution in [0.2, 0.25) is 18.1 Å². The standard InChI is InChI=1S/C47H70O5Si/c1-37(18-12-11-17-31-49-34-41-24-27-43(48-6)28-25-41)23-29-44(52-53(7,8)47(3,4)5)38(2)32-42-26-30-45(50-35-39-19-13-9-14-20-39)46(33-42)51-36-40-21-15-10-16-22-40/h9-10,12-16,18-22,24-25,27-28,37-38,42,44-46H,11,17,23,26,29-36H2,1-8H3/b18-12+/t37-,38-,42+,44+,45-,46-/m1/s1. The summed E-state index contributed by atoms with van der Waals surface area (Å²) in [7, 11) is -0.250. The van der Waals surface area contributed by atoms with Gasteiger partial charge in [-0.05, 0) is 116 Å². The summed E-state index contributed by atoms with van der Waals surface area (Å²) in [6.07, 6.45) is 13.9. The first-order chi connectivity index (χ1) is 25.4. The highest BCUT2D eigenvalue weighted by Crippen LogP contribution is 2.41. The minimum atomic E-state index is -1.94. The van der Waals surface area contributed by atoms with Gasteiger partial charge in [0.1, 0.15) is 5.75 Å². The van der Waals surface area contributed by atoms with Crippen LogP contribution in [-0.2, 0) is 38.5 Å². The molecule has 292 valence electrons. The summed E-state index contributed by atoms with van der Waals surface area (Å²) in [5, 5.41) is 0.177. The van der Waals surface area contributed by atoms with Crippen molar-refractivity contribution in [3.8, 4) is 5.75 Å². The lowest BCUT2D eigenvalue weighted by molar-refractivity contribution is -0.116. The van der Waals surface area contributed by atoms with Crippen LogP contribution in [0.5, 0.6) is 5.75 Å². The molecule has 3 aromatic rings. The molecule has 6 heteroatoms. The van der Waals surface area contributed by atoms with Gasteiger partial charge in [0, 0.05) is 12.7 Å². The molecular formula is C47H70O5Si. The second-order valence-corrected chi connectivity index (χ2v) is 21.8. The van der Waals surface area contributed by atoms with E-state index in [2.05, 4.69) is 133 Å². The predicted octanol–water partition coefficient (Wildman–Crippen LogP) is 12.4. The molecule has 6 atom stereocenters. The van der Waals surface area contributed by atoms with Crippen molar-refractivity contribution in [1.29, 1.82) is 0 Å². The first-order valence-electron chi connectivity index (χ1n) is 20.3. The van der Waals surface area contributed by atoms with Crippen molar-refractivity contribution in [2.24, 2.45) is 17.8 Å². The van der Waals surface area contributed by atoms with Gasteiger partial charge in [0.15, 0.2) is 8.32 Å². The fourth-order valence-corrected chi connectivity index (χ4v) is 8.54. The monoisotopic (exact) mass is 742 g/mol. The molecule has 1 saturated carbocycles. The number of ether oxygens (including phenoxy) is 4. The van der Waals surface area contributed by atoms with E-state index in [1.54, 1.807) is 7.11 Å². The van der Waals surface area contributed by atoms with Crippen molar-refractivity contribution < 1.29 is 23.4 Å². The summed E-state index contributed by atoms with van der Waals surface area (Å²) < 4.78 is 31.7. The number of rotatable bonds is 22. The molecule has 0 amide bonds. The Morgan fingerprint density at radius 2 is 1.36 bits per heavy atom. The fraction of sp³-hybridized carbons (Fsp3) is 0.574. The molecule has 0 aliphatic heterocycles. The van der Waals surface area contributed by atoms with Gasteiger partial charge in [-0.3, -0.25) is 0 Å². The largest absolute Gasteiger partial charge is 0.497 e. The van der Waals surface area contributed by atoms with Gasteiger partial charge in [-0.15, -0.1) is 0 Å². The van der Waals surface area contributed by atoms with Crippen LogP contribution in [-0.4, -0.2) is 40.3 Å². The van der Waals surface area contributed by atoms with Crippen molar-refractivity contribution in [1.82, 2.24) is 0 Å². The van der Waals surface area contributed by atoms with E-state index in [9.17, 15) is 0 Å². The summed E-state index contributed by atoms with van der Waals surface area (Å²) in [6, 6.07) is 29.2. The molecule has 0 spiro atoms. The molecule has 0 bridgehead atoms. The number of hydrogen-bond acceptors (Lipinski definition) is 5. The van der Waals surface area contributed by atoms with Gasteiger partial charge in [-0.1, -0.05) is 120 Å². The summed E-state index contributed by atoms with van der Waals surface area (Å²) in [5.41, 5.74) is 3.61. The van der Waals surface area contributed by atoms with E-state index in [-0.39, 0.29) is 23.4 Å². The zero-order valence-electron chi connectivity index (χ0n) is 34.2. The highest BCUT2D eigenvalue weighted by Gasteiger charge is 2.41. The normalized spacial score (nSPS) is 20.0. The van der Waals surface area contributed by atoms with E-state index in [0.29, 0.717) is 37.6 Å². The Balaban J connectivity index is 1.29. The Hall–Kier alpha value is -2.74. The van der Waals surface area contributed by atoms with Crippen molar-refractivity contribution >= 4 is 8.32 Å². The van der Waals surface area contributed by atoms with Crippen LogP contribution in [0.15, 0.2) is 97.1 Å². The first kappa shape index (κ1) is 43.0. The molecule has 1 aliphatic carbocycles. The first-order valence-corrected chi connectivity index (χ1v) is 23.2. The summed E-state index contributed by atoms with van der Waals surface area (Å²) in [5.74, 6) is 2.46. The maximum absolute atomic E-state index is 7.25. The molecule has 3 aromatic carbocycles. The molecule has 1 fully saturated rings. The Labute approximate surface area is 324 Å². The minimum Gasteiger partial charge on any atom is -0.497 e. The molecular weight excluding hydrogens is 673 g/mol. The number of unbranched alkanes of at least 4 members (excludes halogenated alkanes) is 1. The zero-order valence-corrected chi connectivity index (χ0v) is 35.2. The lowest BCUT2D eigenvalue weighted by Gasteiger charge is -2.42. The van der Waals surface area contributed by atoms with Gasteiger partial charge >= 0.3 is 0 Å². The van der Waals surface area contributed by atoms with Gasteiger partial charge in [0.25, 0.3) is 0 Å². The van der Waals surface area contributed by atoms with Gasteiger partial charge < -0.3 is 23.4 Å². The second-order valence-electron chi connectivity index (χ2n) is 17.0. The summed E-state index contributed by atoms with van der Waals surface area (Å²) in [4.78, 5) is 0. The van der Waals surface area contributed by atoms with Crippen LogP contribution in [0.4, 0.5) is 0 Å². The smallest absolute Gasteiger partial charge is 0.192 e.